The molecule has 0 fully saturated rings. The maximum Gasteiger partial charge on any atom is 0.305 e. The van der Waals surface area contributed by atoms with Gasteiger partial charge in [-0.3, -0.25) is 9.59 Å². The van der Waals surface area contributed by atoms with Crippen LogP contribution in [0.25, 0.3) is 0 Å². The Balaban J connectivity index is 3.45. The van der Waals surface area contributed by atoms with Gasteiger partial charge in [-0.1, -0.05) is 262 Å². The number of aliphatic hydroxyl groups is 2. The summed E-state index contributed by atoms with van der Waals surface area (Å²) in [4.78, 5) is 24.5. The Hall–Kier alpha value is -1.92. The lowest BCUT2D eigenvalue weighted by atomic mass is 10.0. The molecule has 2 unspecified atom stereocenters. The topological polar surface area (TPSA) is 95.9 Å². The number of rotatable bonds is 56. The van der Waals surface area contributed by atoms with Gasteiger partial charge in [-0.15, -0.1) is 0 Å². The summed E-state index contributed by atoms with van der Waals surface area (Å²) in [6.45, 7) is 4.93. The molecule has 0 saturated heterocycles. The van der Waals surface area contributed by atoms with E-state index in [1.165, 1.54) is 231 Å². The normalized spacial score (nSPS) is 12.8. The zero-order chi connectivity index (χ0) is 49.3. The third kappa shape index (κ3) is 53.4. The highest BCUT2D eigenvalue weighted by atomic mass is 16.5. The zero-order valence-corrected chi connectivity index (χ0v) is 45.6. The number of amides is 1. The molecule has 0 saturated carbocycles. The Morgan fingerprint density at radius 2 is 0.735 bits per heavy atom. The SMILES string of the molecule is CCCCCC/C=C\C/C=C\CCCCCCCC(=O)OCCCCCCCCCC/C=C\CCCCCCCCCC(=O)NC(CO)C(O)CCCCCCCCCCCCCCCCCC. The van der Waals surface area contributed by atoms with Crippen LogP contribution in [0.5, 0.6) is 0 Å². The van der Waals surface area contributed by atoms with Gasteiger partial charge in [-0.25, -0.2) is 0 Å². The fourth-order valence-corrected chi connectivity index (χ4v) is 9.25. The number of allylic oxidation sites excluding steroid dienone is 6. The Kier molecular flexibility index (Phi) is 56.0. The van der Waals surface area contributed by atoms with Crippen molar-refractivity contribution in [2.24, 2.45) is 0 Å². The summed E-state index contributed by atoms with van der Waals surface area (Å²) in [7, 11) is 0. The number of hydrogen-bond donors (Lipinski definition) is 3. The highest BCUT2D eigenvalue weighted by molar-refractivity contribution is 5.76. The molecule has 0 aromatic heterocycles. The van der Waals surface area contributed by atoms with Gasteiger partial charge in [0.2, 0.25) is 5.91 Å². The van der Waals surface area contributed by atoms with Crippen molar-refractivity contribution in [2.75, 3.05) is 13.2 Å². The maximum atomic E-state index is 12.5. The number of aliphatic hydroxyl groups excluding tert-OH is 2. The van der Waals surface area contributed by atoms with Crippen LogP contribution in [-0.4, -0.2) is 47.4 Å². The average Bonchev–Trinajstić information content (AvgIpc) is 3.34. The van der Waals surface area contributed by atoms with Gasteiger partial charge in [0.25, 0.3) is 0 Å². The average molecular weight is 957 g/mol. The van der Waals surface area contributed by atoms with Crippen molar-refractivity contribution in [3.63, 3.8) is 0 Å². The van der Waals surface area contributed by atoms with E-state index in [1.807, 2.05) is 0 Å². The highest BCUT2D eigenvalue weighted by Gasteiger charge is 2.20. The molecule has 0 aromatic carbocycles. The largest absolute Gasteiger partial charge is 0.466 e. The van der Waals surface area contributed by atoms with E-state index in [0.717, 1.165) is 57.8 Å². The molecular formula is C62H117NO5. The van der Waals surface area contributed by atoms with Crippen LogP contribution < -0.4 is 5.32 Å². The van der Waals surface area contributed by atoms with E-state index >= 15 is 0 Å². The van der Waals surface area contributed by atoms with E-state index in [1.54, 1.807) is 0 Å². The molecule has 6 nitrogen and oxygen atoms in total. The Labute approximate surface area is 424 Å². The summed E-state index contributed by atoms with van der Waals surface area (Å²) in [5.41, 5.74) is 0. The molecule has 0 radical (unpaired) electrons. The number of carbonyl (C=O) groups is 2. The standard InChI is InChI=1S/C62H117NO5/c1-3-5-7-9-11-13-15-17-19-26-30-34-38-42-46-50-54-60(65)59(58-64)63-61(66)55-51-47-43-39-35-31-27-24-22-21-23-25-29-33-37-41-45-49-53-57-68-62(67)56-52-48-44-40-36-32-28-20-18-16-14-12-10-8-6-4-2/h14,16,20-22,28,59-60,64-65H,3-13,15,17-19,23-27,29-58H2,1-2H3,(H,63,66)/b16-14-,22-21-,28-20-. The second-order valence-corrected chi connectivity index (χ2v) is 20.7. The number of carbonyl (C=O) groups excluding carboxylic acids is 2. The minimum Gasteiger partial charge on any atom is -0.466 e. The number of hydrogen-bond acceptors (Lipinski definition) is 5. The molecule has 0 spiro atoms. The van der Waals surface area contributed by atoms with Crippen molar-refractivity contribution in [1.29, 1.82) is 0 Å². The molecule has 0 aliphatic carbocycles. The minimum absolute atomic E-state index is 0.00942. The minimum atomic E-state index is -0.671. The molecule has 0 aliphatic heterocycles. The summed E-state index contributed by atoms with van der Waals surface area (Å²) >= 11 is 0. The molecule has 2 atom stereocenters. The van der Waals surface area contributed by atoms with Gasteiger partial charge < -0.3 is 20.3 Å². The summed E-state index contributed by atoms with van der Waals surface area (Å²) < 4.78 is 5.47. The first-order valence-corrected chi connectivity index (χ1v) is 30.2. The molecule has 68 heavy (non-hydrogen) atoms. The van der Waals surface area contributed by atoms with Crippen molar-refractivity contribution >= 4 is 11.9 Å². The van der Waals surface area contributed by atoms with Gasteiger partial charge in [0.05, 0.1) is 25.4 Å². The predicted molar refractivity (Wildman–Crippen MR) is 296 cm³/mol. The van der Waals surface area contributed by atoms with Gasteiger partial charge in [0.1, 0.15) is 0 Å². The molecule has 0 aliphatic rings. The van der Waals surface area contributed by atoms with E-state index in [-0.39, 0.29) is 18.5 Å². The fourth-order valence-electron chi connectivity index (χ4n) is 9.25. The van der Waals surface area contributed by atoms with E-state index in [0.29, 0.717) is 25.9 Å². The van der Waals surface area contributed by atoms with E-state index in [2.05, 4.69) is 55.6 Å². The Morgan fingerprint density at radius 1 is 0.412 bits per heavy atom. The van der Waals surface area contributed by atoms with Gasteiger partial charge >= 0.3 is 5.97 Å². The first-order valence-electron chi connectivity index (χ1n) is 30.2. The molecule has 0 bridgehead atoms. The van der Waals surface area contributed by atoms with E-state index in [9.17, 15) is 19.8 Å². The monoisotopic (exact) mass is 956 g/mol. The van der Waals surface area contributed by atoms with Gasteiger partial charge in [0, 0.05) is 12.8 Å². The Bertz CT molecular complexity index is 1100. The lowest BCUT2D eigenvalue weighted by Crippen LogP contribution is -2.45. The number of esters is 1. The molecule has 0 rings (SSSR count). The lowest BCUT2D eigenvalue weighted by Gasteiger charge is -2.22. The molecule has 6 heteroatoms. The van der Waals surface area contributed by atoms with Crippen molar-refractivity contribution in [3.8, 4) is 0 Å². The molecule has 0 aromatic rings. The van der Waals surface area contributed by atoms with Crippen LogP contribution in [0.4, 0.5) is 0 Å². The number of unbranched alkanes of at least 4 members (excludes halogenated alkanes) is 39. The molecule has 0 heterocycles. The zero-order valence-electron chi connectivity index (χ0n) is 45.6. The summed E-state index contributed by atoms with van der Waals surface area (Å²) in [6.07, 6.45) is 71.4. The smallest absolute Gasteiger partial charge is 0.305 e. The van der Waals surface area contributed by atoms with E-state index < -0.39 is 12.1 Å². The van der Waals surface area contributed by atoms with Gasteiger partial charge in [0.15, 0.2) is 0 Å². The van der Waals surface area contributed by atoms with Crippen LogP contribution in [-0.2, 0) is 14.3 Å². The Morgan fingerprint density at radius 3 is 1.15 bits per heavy atom. The number of nitrogens with one attached hydrogen (secondary N) is 1. The lowest BCUT2D eigenvalue weighted by molar-refractivity contribution is -0.143. The number of ether oxygens (including phenoxy) is 1. The second-order valence-electron chi connectivity index (χ2n) is 20.7. The van der Waals surface area contributed by atoms with Crippen LogP contribution in [0.2, 0.25) is 0 Å². The third-order valence-corrected chi connectivity index (χ3v) is 13.9. The molecular weight excluding hydrogens is 839 g/mol. The van der Waals surface area contributed by atoms with E-state index in [4.69, 9.17) is 4.74 Å². The van der Waals surface area contributed by atoms with Crippen molar-refractivity contribution in [2.45, 2.75) is 334 Å². The first kappa shape index (κ1) is 66.1. The predicted octanol–water partition coefficient (Wildman–Crippen LogP) is 18.8. The summed E-state index contributed by atoms with van der Waals surface area (Å²) in [5.74, 6) is -0.0530. The molecule has 400 valence electrons. The van der Waals surface area contributed by atoms with Crippen LogP contribution in [0.3, 0.4) is 0 Å². The quantitative estimate of drug-likeness (QED) is 0.0321. The van der Waals surface area contributed by atoms with Crippen molar-refractivity contribution in [3.05, 3.63) is 36.5 Å². The fraction of sp³-hybridized carbons (Fsp3) is 0.871. The first-order chi connectivity index (χ1) is 33.5. The summed E-state index contributed by atoms with van der Waals surface area (Å²) in [6, 6.07) is -0.549. The van der Waals surface area contributed by atoms with Crippen molar-refractivity contribution in [1.82, 2.24) is 5.32 Å². The van der Waals surface area contributed by atoms with Crippen LogP contribution in [0.15, 0.2) is 36.5 Å². The van der Waals surface area contributed by atoms with Crippen LogP contribution in [0.1, 0.15) is 322 Å². The molecule has 3 N–H and O–H groups in total. The highest BCUT2D eigenvalue weighted by Crippen LogP contribution is 2.17. The van der Waals surface area contributed by atoms with Gasteiger partial charge in [-0.2, -0.15) is 0 Å². The van der Waals surface area contributed by atoms with Gasteiger partial charge in [-0.05, 0) is 83.5 Å². The van der Waals surface area contributed by atoms with Crippen LogP contribution in [0, 0.1) is 0 Å². The van der Waals surface area contributed by atoms with Crippen molar-refractivity contribution < 1.29 is 24.5 Å². The third-order valence-electron chi connectivity index (χ3n) is 13.9. The maximum absolute atomic E-state index is 12.5. The molecule has 1 amide bonds. The summed E-state index contributed by atoms with van der Waals surface area (Å²) in [5, 5.41) is 23.3. The van der Waals surface area contributed by atoms with Crippen LogP contribution >= 0.6 is 0 Å². The second kappa shape index (κ2) is 57.7.